The number of nitro groups is 1. The number of carbonyl (C=O) groups excluding carboxylic acids is 1. The molecule has 0 atom stereocenters. The highest BCUT2D eigenvalue weighted by molar-refractivity contribution is 7.89. The van der Waals surface area contributed by atoms with Gasteiger partial charge in [-0.05, 0) is 18.6 Å². The van der Waals surface area contributed by atoms with Crippen molar-refractivity contribution in [2.45, 2.75) is 17.7 Å². The van der Waals surface area contributed by atoms with Gasteiger partial charge in [-0.1, -0.05) is 0 Å². The highest BCUT2D eigenvalue weighted by Crippen LogP contribution is 2.15. The van der Waals surface area contributed by atoms with Crippen molar-refractivity contribution in [3.8, 4) is 0 Å². The molecule has 0 heterocycles. The highest BCUT2D eigenvalue weighted by atomic mass is 32.2. The molecule has 0 fully saturated rings. The molecule has 7 nitrogen and oxygen atoms in total. The Balaban J connectivity index is 2.72. The van der Waals surface area contributed by atoms with Gasteiger partial charge in [0.05, 0.1) is 9.82 Å². The van der Waals surface area contributed by atoms with Crippen LogP contribution in [0.15, 0.2) is 29.2 Å². The fourth-order valence-electron chi connectivity index (χ4n) is 1.20. The van der Waals surface area contributed by atoms with E-state index in [1.807, 2.05) is 0 Å². The molecule has 0 unspecified atom stereocenters. The van der Waals surface area contributed by atoms with E-state index in [1.54, 1.807) is 6.29 Å². The molecular formula is C10H11N2O5S. The average Bonchev–Trinajstić information content (AvgIpc) is 2.35. The van der Waals surface area contributed by atoms with Crippen molar-refractivity contribution >= 4 is 22.0 Å². The van der Waals surface area contributed by atoms with Crippen molar-refractivity contribution in [1.29, 1.82) is 0 Å². The minimum absolute atomic E-state index is 0.0526. The van der Waals surface area contributed by atoms with E-state index in [-0.39, 0.29) is 23.5 Å². The number of nitro benzene ring substituents is 1. The van der Waals surface area contributed by atoms with Crippen LogP contribution in [0.2, 0.25) is 0 Å². The maximum Gasteiger partial charge on any atom is 0.269 e. The topological polar surface area (TPSA) is 106 Å². The third kappa shape index (κ3) is 3.90. The second-order valence-electron chi connectivity index (χ2n) is 3.40. The average molecular weight is 271 g/mol. The lowest BCUT2D eigenvalue weighted by atomic mass is 10.3. The first-order valence-electron chi connectivity index (χ1n) is 5.06. The van der Waals surface area contributed by atoms with E-state index in [4.69, 9.17) is 0 Å². The predicted octanol–water partition coefficient (Wildman–Crippen LogP) is 0.763. The number of hydrogen-bond donors (Lipinski definition) is 1. The van der Waals surface area contributed by atoms with E-state index in [0.29, 0.717) is 6.42 Å². The second kappa shape index (κ2) is 6.22. The number of rotatable bonds is 7. The summed E-state index contributed by atoms with van der Waals surface area (Å²) in [7, 11) is -3.69. The predicted molar refractivity (Wildman–Crippen MR) is 63.2 cm³/mol. The molecule has 0 bridgehead atoms. The number of benzene rings is 1. The Labute approximate surface area is 104 Å². The lowest BCUT2D eigenvalue weighted by Crippen LogP contribution is -2.24. The fraction of sp³-hybridized carbons (Fsp3) is 0.300. The minimum Gasteiger partial charge on any atom is -0.291 e. The van der Waals surface area contributed by atoms with Crippen molar-refractivity contribution in [3.63, 3.8) is 0 Å². The first kappa shape index (κ1) is 14.3. The molecule has 8 heteroatoms. The first-order valence-corrected chi connectivity index (χ1v) is 6.55. The van der Waals surface area contributed by atoms with Gasteiger partial charge < -0.3 is 0 Å². The van der Waals surface area contributed by atoms with E-state index >= 15 is 0 Å². The van der Waals surface area contributed by atoms with Crippen LogP contribution < -0.4 is 4.72 Å². The fourth-order valence-corrected chi connectivity index (χ4v) is 2.27. The molecule has 97 valence electrons. The van der Waals surface area contributed by atoms with E-state index < -0.39 is 14.9 Å². The summed E-state index contributed by atoms with van der Waals surface area (Å²) in [6.45, 7) is 0.120. The van der Waals surface area contributed by atoms with Crippen LogP contribution >= 0.6 is 0 Å². The molecular weight excluding hydrogens is 260 g/mol. The molecule has 0 aliphatic rings. The number of unbranched alkanes of at least 4 members (excludes halogenated alkanes) is 1. The standard InChI is InChI=1S/C10H11N2O5S/c13-8-2-1-7-11-18(16,17)10-5-3-9(4-6-10)12(14)15/h3-6,11H,1-2,7H2. The maximum atomic E-state index is 11.7. The molecule has 0 saturated heterocycles. The monoisotopic (exact) mass is 271 g/mol. The molecule has 0 saturated carbocycles. The van der Waals surface area contributed by atoms with E-state index in [9.17, 15) is 23.3 Å². The summed E-state index contributed by atoms with van der Waals surface area (Å²) in [4.78, 5) is 19.7. The number of sulfonamides is 1. The molecule has 1 aromatic rings. The van der Waals surface area contributed by atoms with Crippen molar-refractivity contribution in [1.82, 2.24) is 4.72 Å². The zero-order valence-corrected chi connectivity index (χ0v) is 10.1. The normalized spacial score (nSPS) is 11.1. The molecule has 1 aromatic carbocycles. The number of non-ortho nitro benzene ring substituents is 1. The van der Waals surface area contributed by atoms with Gasteiger partial charge in [-0.2, -0.15) is 0 Å². The largest absolute Gasteiger partial charge is 0.291 e. The summed E-state index contributed by atoms with van der Waals surface area (Å²) in [5.41, 5.74) is -0.176. The van der Waals surface area contributed by atoms with Gasteiger partial charge in [0.15, 0.2) is 6.29 Å². The van der Waals surface area contributed by atoms with Gasteiger partial charge in [0.25, 0.3) is 5.69 Å². The van der Waals surface area contributed by atoms with E-state index in [2.05, 4.69) is 4.72 Å². The highest BCUT2D eigenvalue weighted by Gasteiger charge is 2.14. The molecule has 0 aliphatic carbocycles. The first-order chi connectivity index (χ1) is 8.47. The van der Waals surface area contributed by atoms with E-state index in [1.165, 1.54) is 0 Å². The molecule has 1 radical (unpaired) electrons. The Morgan fingerprint density at radius 2 is 1.89 bits per heavy atom. The molecule has 0 aromatic heterocycles. The summed E-state index contributed by atoms with van der Waals surface area (Å²) in [6.07, 6.45) is 2.17. The van der Waals surface area contributed by atoms with Crippen LogP contribution in [-0.2, 0) is 14.8 Å². The summed E-state index contributed by atoms with van der Waals surface area (Å²) in [6, 6.07) is 4.56. The molecule has 1 rings (SSSR count). The lowest BCUT2D eigenvalue weighted by molar-refractivity contribution is -0.384. The van der Waals surface area contributed by atoms with Crippen molar-refractivity contribution in [3.05, 3.63) is 34.4 Å². The number of hydrogen-bond acceptors (Lipinski definition) is 5. The van der Waals surface area contributed by atoms with E-state index in [0.717, 1.165) is 24.3 Å². The van der Waals surface area contributed by atoms with Gasteiger partial charge in [0.1, 0.15) is 0 Å². The van der Waals surface area contributed by atoms with Gasteiger partial charge in [0.2, 0.25) is 10.0 Å². The van der Waals surface area contributed by atoms with Gasteiger partial charge in [-0.25, -0.2) is 13.1 Å². The molecule has 1 N–H and O–H groups in total. The Hall–Kier alpha value is -1.80. The van der Waals surface area contributed by atoms with Crippen LogP contribution in [0.5, 0.6) is 0 Å². The summed E-state index contributed by atoms with van der Waals surface area (Å²) in [5.74, 6) is 0. The summed E-state index contributed by atoms with van der Waals surface area (Å²) < 4.78 is 25.7. The Morgan fingerprint density at radius 1 is 1.28 bits per heavy atom. The minimum atomic E-state index is -3.69. The van der Waals surface area contributed by atoms with Crippen molar-refractivity contribution in [2.24, 2.45) is 0 Å². The number of nitrogens with zero attached hydrogens (tertiary/aromatic N) is 1. The third-order valence-corrected chi connectivity index (χ3v) is 3.58. The van der Waals surface area contributed by atoms with Crippen LogP contribution in [0.25, 0.3) is 0 Å². The smallest absolute Gasteiger partial charge is 0.269 e. The van der Waals surface area contributed by atoms with Gasteiger partial charge in [-0.3, -0.25) is 14.9 Å². The SMILES string of the molecule is O=[C]CCCNS(=O)(=O)c1ccc([N+](=O)[O-])cc1. The van der Waals surface area contributed by atoms with Gasteiger partial charge in [-0.15, -0.1) is 0 Å². The quantitative estimate of drug-likeness (QED) is 0.447. The van der Waals surface area contributed by atoms with Gasteiger partial charge in [0, 0.05) is 25.1 Å². The van der Waals surface area contributed by atoms with Crippen molar-refractivity contribution in [2.75, 3.05) is 6.54 Å². The third-order valence-electron chi connectivity index (χ3n) is 2.11. The zero-order chi connectivity index (χ0) is 13.6. The van der Waals surface area contributed by atoms with Crippen LogP contribution in [0.1, 0.15) is 12.8 Å². The second-order valence-corrected chi connectivity index (χ2v) is 5.16. The van der Waals surface area contributed by atoms with Crippen LogP contribution in [-0.4, -0.2) is 26.2 Å². The Bertz CT molecular complexity index is 524. The molecule has 0 spiro atoms. The molecule has 18 heavy (non-hydrogen) atoms. The van der Waals surface area contributed by atoms with Gasteiger partial charge >= 0.3 is 0 Å². The summed E-state index contributed by atoms with van der Waals surface area (Å²) >= 11 is 0. The van der Waals surface area contributed by atoms with Crippen molar-refractivity contribution < 1.29 is 18.1 Å². The van der Waals surface area contributed by atoms with Crippen LogP contribution in [0.3, 0.4) is 0 Å². The lowest BCUT2D eigenvalue weighted by Gasteiger charge is -2.05. The maximum absolute atomic E-state index is 11.7. The number of nitrogens with one attached hydrogen (secondary N) is 1. The zero-order valence-electron chi connectivity index (χ0n) is 9.33. The van der Waals surface area contributed by atoms with Crippen LogP contribution in [0, 0.1) is 10.1 Å². The molecule has 0 aliphatic heterocycles. The Morgan fingerprint density at radius 3 is 2.39 bits per heavy atom. The Kier molecular flexibility index (Phi) is 4.93. The molecule has 0 amide bonds. The van der Waals surface area contributed by atoms with Crippen LogP contribution in [0.4, 0.5) is 5.69 Å². The summed E-state index contributed by atoms with van der Waals surface area (Å²) in [5, 5.41) is 10.4.